The quantitative estimate of drug-likeness (QED) is 0.821. The molecule has 0 amide bonds. The average Bonchev–Trinajstić information content (AvgIpc) is 2.65. The molecule has 2 N–H and O–H groups in total. The third-order valence-electron chi connectivity index (χ3n) is 3.40. The predicted molar refractivity (Wildman–Crippen MR) is 72.0 cm³/mol. The molecule has 0 saturated carbocycles. The minimum atomic E-state index is -0.794. The van der Waals surface area contributed by atoms with Crippen LogP contribution in [0.5, 0.6) is 0 Å². The van der Waals surface area contributed by atoms with E-state index in [-0.39, 0.29) is 0 Å². The van der Waals surface area contributed by atoms with Gasteiger partial charge in [0.15, 0.2) is 0 Å². The number of nitrogens with one attached hydrogen (secondary N) is 1. The maximum absolute atomic E-state index is 11.6. The third-order valence-corrected chi connectivity index (χ3v) is 3.40. The lowest BCUT2D eigenvalue weighted by Crippen LogP contribution is -2.36. The van der Waals surface area contributed by atoms with Crippen molar-refractivity contribution in [1.82, 2.24) is 20.0 Å². The van der Waals surface area contributed by atoms with E-state index in [9.17, 15) is 9.90 Å². The van der Waals surface area contributed by atoms with Crippen LogP contribution in [0.1, 0.15) is 31.4 Å². The molecular weight excluding hydrogens is 244 g/mol. The first-order valence-electron chi connectivity index (χ1n) is 6.92. The van der Waals surface area contributed by atoms with E-state index in [1.807, 2.05) is 15.8 Å². The number of rotatable bonds is 5. The lowest BCUT2D eigenvalue weighted by atomic mass is 10.1. The van der Waals surface area contributed by atoms with Gasteiger partial charge in [0.25, 0.3) is 0 Å². The highest BCUT2D eigenvalue weighted by Gasteiger charge is 2.28. The van der Waals surface area contributed by atoms with Gasteiger partial charge >= 0.3 is 5.97 Å². The molecular formula is C13H22N4O2. The molecule has 1 atom stereocenters. The number of hydrogen-bond acceptors (Lipinski definition) is 4. The van der Waals surface area contributed by atoms with Crippen molar-refractivity contribution in [1.29, 1.82) is 0 Å². The van der Waals surface area contributed by atoms with Crippen LogP contribution in [0.15, 0.2) is 12.4 Å². The molecule has 6 heteroatoms. The van der Waals surface area contributed by atoms with Crippen LogP contribution in [0.2, 0.25) is 0 Å². The van der Waals surface area contributed by atoms with Gasteiger partial charge in [0.2, 0.25) is 0 Å². The maximum Gasteiger partial charge on any atom is 0.325 e. The van der Waals surface area contributed by atoms with Crippen LogP contribution in [0, 0.1) is 0 Å². The van der Waals surface area contributed by atoms with Crippen LogP contribution < -0.4 is 5.32 Å². The minimum absolute atomic E-state index is 0.578. The Morgan fingerprint density at radius 2 is 2.37 bits per heavy atom. The van der Waals surface area contributed by atoms with E-state index in [1.165, 1.54) is 0 Å². The van der Waals surface area contributed by atoms with Crippen molar-refractivity contribution in [2.45, 2.75) is 32.4 Å². The zero-order valence-electron chi connectivity index (χ0n) is 11.4. The summed E-state index contributed by atoms with van der Waals surface area (Å²) in [5, 5.41) is 17.0. The highest BCUT2D eigenvalue weighted by Crippen LogP contribution is 2.21. The van der Waals surface area contributed by atoms with Crippen molar-refractivity contribution in [3.8, 4) is 0 Å². The fourth-order valence-corrected chi connectivity index (χ4v) is 2.51. The van der Waals surface area contributed by atoms with Crippen LogP contribution in [0.3, 0.4) is 0 Å². The largest absolute Gasteiger partial charge is 0.480 e. The summed E-state index contributed by atoms with van der Waals surface area (Å²) in [4.78, 5) is 13.6. The monoisotopic (exact) mass is 266 g/mol. The number of aliphatic carboxylic acids is 1. The van der Waals surface area contributed by atoms with Gasteiger partial charge in [-0.25, -0.2) is 0 Å². The minimum Gasteiger partial charge on any atom is -0.480 e. The number of carboxylic acids is 1. The van der Waals surface area contributed by atoms with Crippen LogP contribution in [-0.2, 0) is 11.3 Å². The Labute approximate surface area is 113 Å². The Hall–Kier alpha value is -1.40. The second kappa shape index (κ2) is 6.68. The molecule has 1 aromatic heterocycles. The standard InChI is InChI=1S/C13H22N4O2/c1-2-6-17-10-11(9-15-17)12(13(18)19)16-7-3-4-14-5-8-16/h9-10,12,14H,2-8H2,1H3,(H,18,19). The molecule has 0 spiro atoms. The second-order valence-electron chi connectivity index (χ2n) is 4.92. The van der Waals surface area contributed by atoms with E-state index < -0.39 is 12.0 Å². The van der Waals surface area contributed by atoms with Crippen molar-refractivity contribution < 1.29 is 9.90 Å². The molecule has 0 aliphatic carbocycles. The summed E-state index contributed by atoms with van der Waals surface area (Å²) in [6.07, 6.45) is 5.52. The number of carbonyl (C=O) groups is 1. The Morgan fingerprint density at radius 3 is 3.11 bits per heavy atom. The molecule has 1 aliphatic rings. The van der Waals surface area contributed by atoms with Gasteiger partial charge in [-0.2, -0.15) is 5.10 Å². The van der Waals surface area contributed by atoms with E-state index in [0.29, 0.717) is 0 Å². The number of carboxylic acid groups (broad SMARTS) is 1. The summed E-state index contributed by atoms with van der Waals surface area (Å²) >= 11 is 0. The molecule has 2 rings (SSSR count). The summed E-state index contributed by atoms with van der Waals surface area (Å²) in [7, 11) is 0. The van der Waals surface area contributed by atoms with Gasteiger partial charge < -0.3 is 10.4 Å². The van der Waals surface area contributed by atoms with Crippen molar-refractivity contribution in [3.05, 3.63) is 18.0 Å². The van der Waals surface area contributed by atoms with Crippen LogP contribution in [0.25, 0.3) is 0 Å². The normalized spacial score (nSPS) is 19.0. The lowest BCUT2D eigenvalue weighted by molar-refractivity contribution is -0.143. The van der Waals surface area contributed by atoms with E-state index in [0.717, 1.165) is 51.1 Å². The molecule has 106 valence electrons. The van der Waals surface area contributed by atoms with Crippen molar-refractivity contribution in [3.63, 3.8) is 0 Å². The van der Waals surface area contributed by atoms with Gasteiger partial charge in [-0.05, 0) is 19.4 Å². The number of aryl methyl sites for hydroxylation is 1. The third kappa shape index (κ3) is 3.54. The first-order chi connectivity index (χ1) is 9.22. The van der Waals surface area contributed by atoms with Gasteiger partial charge in [0.05, 0.1) is 6.20 Å². The Balaban J connectivity index is 2.15. The first-order valence-corrected chi connectivity index (χ1v) is 6.92. The van der Waals surface area contributed by atoms with Gasteiger partial charge in [-0.15, -0.1) is 0 Å². The molecule has 19 heavy (non-hydrogen) atoms. The molecule has 0 radical (unpaired) electrons. The van der Waals surface area contributed by atoms with E-state index in [1.54, 1.807) is 6.20 Å². The molecule has 1 saturated heterocycles. The lowest BCUT2D eigenvalue weighted by Gasteiger charge is -2.26. The number of hydrogen-bond donors (Lipinski definition) is 2. The molecule has 6 nitrogen and oxygen atoms in total. The van der Waals surface area contributed by atoms with E-state index in [4.69, 9.17) is 0 Å². The maximum atomic E-state index is 11.6. The summed E-state index contributed by atoms with van der Waals surface area (Å²) < 4.78 is 1.82. The van der Waals surface area contributed by atoms with Crippen molar-refractivity contribution in [2.24, 2.45) is 0 Å². The number of aromatic nitrogens is 2. The van der Waals surface area contributed by atoms with Crippen molar-refractivity contribution >= 4 is 5.97 Å². The zero-order chi connectivity index (χ0) is 13.7. The van der Waals surface area contributed by atoms with E-state index >= 15 is 0 Å². The molecule has 0 bridgehead atoms. The summed E-state index contributed by atoms with van der Waals surface area (Å²) in [5.74, 6) is -0.794. The van der Waals surface area contributed by atoms with Crippen LogP contribution >= 0.6 is 0 Å². The SMILES string of the molecule is CCCn1cc(C(C(=O)O)N2CCCNCC2)cn1. The fourth-order valence-electron chi connectivity index (χ4n) is 2.51. The van der Waals surface area contributed by atoms with Crippen LogP contribution in [0.4, 0.5) is 0 Å². The number of nitrogens with zero attached hydrogens (tertiary/aromatic N) is 3. The van der Waals surface area contributed by atoms with Gasteiger partial charge in [-0.3, -0.25) is 14.4 Å². The molecule has 1 fully saturated rings. The Bertz CT molecular complexity index is 411. The van der Waals surface area contributed by atoms with E-state index in [2.05, 4.69) is 17.3 Å². The highest BCUT2D eigenvalue weighted by molar-refractivity contribution is 5.75. The molecule has 2 heterocycles. The van der Waals surface area contributed by atoms with Gasteiger partial charge in [-0.1, -0.05) is 6.92 Å². The summed E-state index contributed by atoms with van der Waals surface area (Å²) in [6, 6.07) is -0.578. The van der Waals surface area contributed by atoms with Gasteiger partial charge in [0, 0.05) is 37.9 Å². The van der Waals surface area contributed by atoms with Crippen molar-refractivity contribution in [2.75, 3.05) is 26.2 Å². The fraction of sp³-hybridized carbons (Fsp3) is 0.692. The Morgan fingerprint density at radius 1 is 1.53 bits per heavy atom. The first kappa shape index (κ1) is 14.0. The smallest absolute Gasteiger partial charge is 0.325 e. The highest BCUT2D eigenvalue weighted by atomic mass is 16.4. The molecule has 0 aromatic carbocycles. The second-order valence-corrected chi connectivity index (χ2v) is 4.92. The molecule has 1 unspecified atom stereocenters. The Kier molecular flexibility index (Phi) is 4.93. The summed E-state index contributed by atoms with van der Waals surface area (Å²) in [5.41, 5.74) is 0.780. The summed E-state index contributed by atoms with van der Waals surface area (Å²) in [6.45, 7) is 6.27. The zero-order valence-corrected chi connectivity index (χ0v) is 11.4. The van der Waals surface area contributed by atoms with Crippen LogP contribution in [-0.4, -0.2) is 51.9 Å². The predicted octanol–water partition coefficient (Wildman–Crippen LogP) is 0.714. The topological polar surface area (TPSA) is 70.4 Å². The molecule has 1 aromatic rings. The molecule has 1 aliphatic heterocycles. The van der Waals surface area contributed by atoms with Gasteiger partial charge in [0.1, 0.15) is 6.04 Å². The average molecular weight is 266 g/mol.